The zero-order valence-electron chi connectivity index (χ0n) is 8.27. The first-order valence-corrected chi connectivity index (χ1v) is 4.85. The van der Waals surface area contributed by atoms with Crippen LogP contribution in [0.1, 0.15) is 12.1 Å². The number of fused-ring (bicyclic) bond motifs is 1. The van der Waals surface area contributed by atoms with Crippen molar-refractivity contribution < 1.29 is 4.52 Å². The van der Waals surface area contributed by atoms with E-state index in [0.717, 1.165) is 23.3 Å². The van der Waals surface area contributed by atoms with E-state index >= 15 is 0 Å². The van der Waals surface area contributed by atoms with Crippen LogP contribution in [0.4, 0.5) is 5.82 Å². The normalized spacial score (nSPS) is 24.4. The Labute approximate surface area is 85.9 Å². The number of nitrogens with two attached hydrogens (primary N) is 1. The standard InChI is InChI=1S/C9H11N5O/c1-4-7-8(13-6-2-5(6)10)11-3-12-9(7)15-14-4/h3,5-6H,2,10H2,1H3,(H,11,12,13). The molecule has 1 saturated carbocycles. The van der Waals surface area contributed by atoms with Crippen molar-refractivity contribution in [2.75, 3.05) is 5.32 Å². The maximum absolute atomic E-state index is 5.73. The predicted molar refractivity (Wildman–Crippen MR) is 54.3 cm³/mol. The molecule has 2 aromatic heterocycles. The molecule has 2 heterocycles. The molecule has 78 valence electrons. The Morgan fingerprint density at radius 3 is 3.07 bits per heavy atom. The van der Waals surface area contributed by atoms with Gasteiger partial charge < -0.3 is 15.6 Å². The number of nitrogens with one attached hydrogen (secondary N) is 1. The molecule has 15 heavy (non-hydrogen) atoms. The summed E-state index contributed by atoms with van der Waals surface area (Å²) < 4.78 is 5.05. The molecule has 0 bridgehead atoms. The predicted octanol–water partition coefficient (Wildman–Crippen LogP) is 0.438. The van der Waals surface area contributed by atoms with Gasteiger partial charge in [-0.05, 0) is 13.3 Å². The molecule has 3 N–H and O–H groups in total. The van der Waals surface area contributed by atoms with E-state index in [-0.39, 0.29) is 6.04 Å². The number of nitrogens with zero attached hydrogens (tertiary/aromatic N) is 3. The lowest BCUT2D eigenvalue weighted by molar-refractivity contribution is 0.442. The van der Waals surface area contributed by atoms with Gasteiger partial charge in [-0.1, -0.05) is 5.16 Å². The van der Waals surface area contributed by atoms with Crippen LogP contribution in [0, 0.1) is 6.92 Å². The molecule has 2 unspecified atom stereocenters. The van der Waals surface area contributed by atoms with Gasteiger partial charge in [0.05, 0.1) is 5.69 Å². The van der Waals surface area contributed by atoms with Crippen LogP contribution in [-0.4, -0.2) is 27.2 Å². The fourth-order valence-electron chi connectivity index (χ4n) is 1.59. The highest BCUT2D eigenvalue weighted by Crippen LogP contribution is 2.28. The lowest BCUT2D eigenvalue weighted by atomic mass is 10.3. The Kier molecular flexibility index (Phi) is 1.66. The fraction of sp³-hybridized carbons (Fsp3) is 0.444. The van der Waals surface area contributed by atoms with E-state index in [1.54, 1.807) is 0 Å². The van der Waals surface area contributed by atoms with E-state index in [9.17, 15) is 0 Å². The van der Waals surface area contributed by atoms with Gasteiger partial charge in [-0.15, -0.1) is 0 Å². The average Bonchev–Trinajstić information content (AvgIpc) is 2.75. The Morgan fingerprint density at radius 1 is 1.53 bits per heavy atom. The van der Waals surface area contributed by atoms with Crippen molar-refractivity contribution in [2.45, 2.75) is 25.4 Å². The highest BCUT2D eigenvalue weighted by atomic mass is 16.5. The third-order valence-corrected chi connectivity index (χ3v) is 2.61. The van der Waals surface area contributed by atoms with Crippen LogP contribution in [0.25, 0.3) is 11.1 Å². The van der Waals surface area contributed by atoms with Gasteiger partial charge >= 0.3 is 0 Å². The van der Waals surface area contributed by atoms with Crippen LogP contribution in [0.15, 0.2) is 10.9 Å². The highest BCUT2D eigenvalue weighted by molar-refractivity contribution is 5.87. The zero-order chi connectivity index (χ0) is 10.4. The van der Waals surface area contributed by atoms with Crippen molar-refractivity contribution in [3.8, 4) is 0 Å². The third-order valence-electron chi connectivity index (χ3n) is 2.61. The van der Waals surface area contributed by atoms with Crippen molar-refractivity contribution in [1.82, 2.24) is 15.1 Å². The van der Waals surface area contributed by atoms with Crippen molar-refractivity contribution in [3.05, 3.63) is 12.0 Å². The second-order valence-electron chi connectivity index (χ2n) is 3.82. The third kappa shape index (κ3) is 1.33. The van der Waals surface area contributed by atoms with Gasteiger partial charge in [-0.3, -0.25) is 0 Å². The smallest absolute Gasteiger partial charge is 0.263 e. The maximum Gasteiger partial charge on any atom is 0.263 e. The minimum absolute atomic E-state index is 0.232. The highest BCUT2D eigenvalue weighted by Gasteiger charge is 2.34. The lowest BCUT2D eigenvalue weighted by Crippen LogP contribution is -2.14. The van der Waals surface area contributed by atoms with Gasteiger partial charge in [0.15, 0.2) is 0 Å². The summed E-state index contributed by atoms with van der Waals surface area (Å²) in [5.41, 5.74) is 7.03. The fourth-order valence-corrected chi connectivity index (χ4v) is 1.59. The number of hydrogen-bond acceptors (Lipinski definition) is 6. The first-order valence-electron chi connectivity index (χ1n) is 4.85. The Balaban J connectivity index is 2.05. The molecule has 6 nitrogen and oxygen atoms in total. The van der Waals surface area contributed by atoms with Crippen molar-refractivity contribution in [3.63, 3.8) is 0 Å². The van der Waals surface area contributed by atoms with Gasteiger partial charge in [0, 0.05) is 12.1 Å². The number of rotatable bonds is 2. The molecule has 2 aromatic rings. The Bertz CT molecular complexity index is 508. The maximum atomic E-state index is 5.73. The minimum atomic E-state index is 0.232. The number of anilines is 1. The quantitative estimate of drug-likeness (QED) is 0.739. The Morgan fingerprint density at radius 2 is 2.33 bits per heavy atom. The summed E-state index contributed by atoms with van der Waals surface area (Å²) in [4.78, 5) is 8.17. The summed E-state index contributed by atoms with van der Waals surface area (Å²) in [6.45, 7) is 1.87. The van der Waals surface area contributed by atoms with Crippen molar-refractivity contribution >= 4 is 16.9 Å². The van der Waals surface area contributed by atoms with Crippen LogP contribution in [0.2, 0.25) is 0 Å². The molecule has 0 aromatic carbocycles. The average molecular weight is 205 g/mol. The van der Waals surface area contributed by atoms with Crippen molar-refractivity contribution in [1.29, 1.82) is 0 Å². The van der Waals surface area contributed by atoms with Crippen LogP contribution < -0.4 is 11.1 Å². The van der Waals surface area contributed by atoms with Crippen LogP contribution in [0.3, 0.4) is 0 Å². The summed E-state index contributed by atoms with van der Waals surface area (Å²) in [5.74, 6) is 0.761. The Hall–Kier alpha value is -1.69. The summed E-state index contributed by atoms with van der Waals surface area (Å²) in [6.07, 6.45) is 2.44. The van der Waals surface area contributed by atoms with Gasteiger partial charge in [0.1, 0.15) is 17.5 Å². The molecule has 0 radical (unpaired) electrons. The second kappa shape index (κ2) is 2.90. The monoisotopic (exact) mass is 205 g/mol. The SMILES string of the molecule is Cc1noc2ncnc(NC3CC3N)c12. The number of hydrogen-bond donors (Lipinski definition) is 2. The van der Waals surface area contributed by atoms with Crippen LogP contribution >= 0.6 is 0 Å². The van der Waals surface area contributed by atoms with Gasteiger partial charge in [-0.25, -0.2) is 4.98 Å². The molecule has 0 aliphatic heterocycles. The van der Waals surface area contributed by atoms with Gasteiger partial charge in [-0.2, -0.15) is 4.98 Å². The molecule has 3 rings (SSSR count). The topological polar surface area (TPSA) is 89.9 Å². The molecule has 1 aliphatic carbocycles. The first-order chi connectivity index (χ1) is 7.25. The number of aromatic nitrogens is 3. The van der Waals surface area contributed by atoms with E-state index in [2.05, 4.69) is 20.4 Å². The van der Waals surface area contributed by atoms with Gasteiger partial charge in [0.2, 0.25) is 0 Å². The molecule has 1 aliphatic rings. The minimum Gasteiger partial charge on any atom is -0.365 e. The van der Waals surface area contributed by atoms with E-state index in [4.69, 9.17) is 10.3 Å². The van der Waals surface area contributed by atoms with E-state index in [1.807, 2.05) is 6.92 Å². The molecule has 0 saturated heterocycles. The van der Waals surface area contributed by atoms with Gasteiger partial charge in [0.25, 0.3) is 5.71 Å². The molecule has 0 spiro atoms. The summed E-state index contributed by atoms with van der Waals surface area (Å²) in [6, 6.07) is 0.549. The van der Waals surface area contributed by atoms with Crippen LogP contribution in [0.5, 0.6) is 0 Å². The lowest BCUT2D eigenvalue weighted by Gasteiger charge is -2.03. The number of aryl methyl sites for hydroxylation is 1. The molecular weight excluding hydrogens is 194 g/mol. The first kappa shape index (κ1) is 8.60. The zero-order valence-corrected chi connectivity index (χ0v) is 8.27. The molecule has 0 amide bonds. The second-order valence-corrected chi connectivity index (χ2v) is 3.82. The molecule has 1 fully saturated rings. The van der Waals surface area contributed by atoms with E-state index in [1.165, 1.54) is 6.33 Å². The molecular formula is C9H11N5O. The largest absolute Gasteiger partial charge is 0.365 e. The molecule has 6 heteroatoms. The summed E-state index contributed by atoms with van der Waals surface area (Å²) in [5, 5.41) is 7.96. The van der Waals surface area contributed by atoms with E-state index < -0.39 is 0 Å². The summed E-state index contributed by atoms with van der Waals surface area (Å²) >= 11 is 0. The van der Waals surface area contributed by atoms with Crippen LogP contribution in [-0.2, 0) is 0 Å². The molecule has 2 atom stereocenters. The summed E-state index contributed by atoms with van der Waals surface area (Å²) in [7, 11) is 0. The van der Waals surface area contributed by atoms with E-state index in [0.29, 0.717) is 11.8 Å². The van der Waals surface area contributed by atoms with Crippen molar-refractivity contribution in [2.24, 2.45) is 5.73 Å².